The van der Waals surface area contributed by atoms with Crippen LogP contribution >= 0.6 is 0 Å². The zero-order chi connectivity index (χ0) is 34.4. The summed E-state index contributed by atoms with van der Waals surface area (Å²) in [4.78, 5) is 0. The first kappa shape index (κ1) is 29.3. The smallest absolute Gasteiger partial charge is 0.101 e. The van der Waals surface area contributed by atoms with E-state index in [4.69, 9.17) is 0 Å². The quantitative estimate of drug-likeness (QED) is 0.191. The van der Waals surface area contributed by atoms with Crippen molar-refractivity contribution in [3.8, 4) is 45.8 Å². The summed E-state index contributed by atoms with van der Waals surface area (Å²) in [5.74, 6) is 0. The van der Waals surface area contributed by atoms with Crippen molar-refractivity contribution in [2.45, 2.75) is 32.1 Å². The summed E-state index contributed by atoms with van der Waals surface area (Å²) in [6.45, 7) is 4.66. The lowest BCUT2D eigenvalue weighted by molar-refractivity contribution is 0.663. The Hall–Kier alpha value is -6.62. The van der Waals surface area contributed by atoms with Crippen molar-refractivity contribution in [3.63, 3.8) is 0 Å². The number of hydrogen-bond donors (Lipinski definition) is 0. The Kier molecular flexibility index (Phi) is 6.14. The summed E-state index contributed by atoms with van der Waals surface area (Å²) in [7, 11) is 0. The molecule has 0 spiro atoms. The van der Waals surface area contributed by atoms with E-state index in [1.54, 1.807) is 0 Å². The number of nitriles is 2. The van der Waals surface area contributed by atoms with Gasteiger partial charge in [-0.25, -0.2) is 0 Å². The second-order valence-electron chi connectivity index (χ2n) is 14.3. The predicted molar refractivity (Wildman–Crippen MR) is 207 cm³/mol. The van der Waals surface area contributed by atoms with E-state index in [0.717, 1.165) is 52.1 Å². The van der Waals surface area contributed by atoms with Crippen LogP contribution < -0.4 is 0 Å². The maximum absolute atomic E-state index is 10.7. The maximum Gasteiger partial charge on any atom is 0.101 e. The molecule has 0 aliphatic heterocycles. The first-order valence-electron chi connectivity index (χ1n) is 17.5. The Morgan fingerprint density at radius 1 is 0.627 bits per heavy atom. The van der Waals surface area contributed by atoms with Crippen LogP contribution in [0.5, 0.6) is 0 Å². The molecule has 4 heteroatoms. The molecule has 0 amide bonds. The maximum atomic E-state index is 10.7. The minimum Gasteiger partial charge on any atom is -0.309 e. The van der Waals surface area contributed by atoms with E-state index in [-0.39, 0.29) is 5.41 Å². The molecule has 51 heavy (non-hydrogen) atoms. The molecule has 0 saturated heterocycles. The van der Waals surface area contributed by atoms with Crippen molar-refractivity contribution in [2.24, 2.45) is 0 Å². The van der Waals surface area contributed by atoms with Crippen molar-refractivity contribution in [3.05, 3.63) is 161 Å². The molecule has 0 bridgehead atoms. The second-order valence-corrected chi connectivity index (χ2v) is 14.3. The average Bonchev–Trinajstić information content (AvgIpc) is 3.77. The van der Waals surface area contributed by atoms with E-state index in [1.807, 2.05) is 24.3 Å². The van der Waals surface area contributed by atoms with E-state index in [0.29, 0.717) is 11.1 Å². The number of fused-ring (bicyclic) bond motifs is 10. The van der Waals surface area contributed by atoms with E-state index in [2.05, 4.69) is 144 Å². The van der Waals surface area contributed by atoms with Gasteiger partial charge in [-0.3, -0.25) is 0 Å². The number of aryl methyl sites for hydroxylation is 1. The normalized spacial score (nSPS) is 14.0. The van der Waals surface area contributed by atoms with Crippen LogP contribution in [0.15, 0.2) is 127 Å². The molecule has 240 valence electrons. The van der Waals surface area contributed by atoms with Crippen LogP contribution in [-0.2, 0) is 11.8 Å². The molecule has 0 fully saturated rings. The molecule has 8 aromatic rings. The van der Waals surface area contributed by atoms with Gasteiger partial charge in [0.15, 0.2) is 0 Å². The highest BCUT2D eigenvalue weighted by Crippen LogP contribution is 2.53. The van der Waals surface area contributed by atoms with Crippen LogP contribution in [0.4, 0.5) is 0 Å². The monoisotopic (exact) mass is 652 g/mol. The van der Waals surface area contributed by atoms with Gasteiger partial charge in [-0.05, 0) is 94.8 Å². The first-order valence-corrected chi connectivity index (χ1v) is 17.5. The third-order valence-electron chi connectivity index (χ3n) is 11.2. The molecule has 2 heterocycles. The molecule has 0 N–H and O–H groups in total. The van der Waals surface area contributed by atoms with Crippen molar-refractivity contribution in [1.82, 2.24) is 9.13 Å². The van der Waals surface area contributed by atoms with E-state index in [9.17, 15) is 10.5 Å². The molecule has 2 aromatic heterocycles. The standard InChI is InChI=1S/C47H32N4/c1-47(2)39-15-7-3-11-32(39)36-22-23-37-35-14-6-10-18-42(35)51(46(37)45(36)47)44-26-30(20-21-31(44)28-49)38-25-29(27-48)19-24-43(38)50-40-16-8-4-12-33(40)34-13-5-9-17-41(34)50/h3-5,7-13,15-26H,6,14H2,1-2H3. The average molecular weight is 653 g/mol. The number of nitrogens with zero attached hydrogens (tertiary/aromatic N) is 4. The molecule has 2 aliphatic rings. The largest absolute Gasteiger partial charge is 0.309 e. The molecule has 0 radical (unpaired) electrons. The fourth-order valence-corrected chi connectivity index (χ4v) is 9.02. The molecule has 0 unspecified atom stereocenters. The van der Waals surface area contributed by atoms with Crippen LogP contribution in [0.2, 0.25) is 0 Å². The number of para-hydroxylation sites is 2. The molecule has 6 aromatic carbocycles. The lowest BCUT2D eigenvalue weighted by Gasteiger charge is -2.24. The molecular formula is C47H32N4. The topological polar surface area (TPSA) is 57.4 Å². The highest BCUT2D eigenvalue weighted by atomic mass is 15.0. The minimum atomic E-state index is -0.233. The molecule has 0 saturated carbocycles. The summed E-state index contributed by atoms with van der Waals surface area (Å²) >= 11 is 0. The van der Waals surface area contributed by atoms with Crippen molar-refractivity contribution < 1.29 is 0 Å². The van der Waals surface area contributed by atoms with Crippen molar-refractivity contribution >= 4 is 38.8 Å². The minimum absolute atomic E-state index is 0.233. The van der Waals surface area contributed by atoms with Gasteiger partial charge in [0, 0.05) is 32.8 Å². The highest BCUT2D eigenvalue weighted by molar-refractivity contribution is 6.10. The van der Waals surface area contributed by atoms with Crippen LogP contribution in [-0.4, -0.2) is 9.13 Å². The van der Waals surface area contributed by atoms with E-state index < -0.39 is 0 Å². The number of aromatic nitrogens is 2. The molecular weight excluding hydrogens is 621 g/mol. The predicted octanol–water partition coefficient (Wildman–Crippen LogP) is 11.4. The fraction of sp³-hybridized carbons (Fsp3) is 0.106. The Labute approximate surface area is 296 Å². The first-order chi connectivity index (χ1) is 25.0. The van der Waals surface area contributed by atoms with Crippen molar-refractivity contribution in [2.75, 3.05) is 0 Å². The Morgan fingerprint density at radius 2 is 1.37 bits per heavy atom. The van der Waals surface area contributed by atoms with Gasteiger partial charge in [-0.1, -0.05) is 98.8 Å². The van der Waals surface area contributed by atoms with Gasteiger partial charge in [0.1, 0.15) is 6.07 Å². The molecule has 4 nitrogen and oxygen atoms in total. The number of allylic oxidation sites excluding steroid dienone is 1. The summed E-state index contributed by atoms with van der Waals surface area (Å²) in [5.41, 5.74) is 15.7. The van der Waals surface area contributed by atoms with Crippen LogP contribution in [0.1, 0.15) is 53.8 Å². The van der Waals surface area contributed by atoms with Gasteiger partial charge < -0.3 is 9.13 Å². The van der Waals surface area contributed by atoms with Gasteiger partial charge in [0.2, 0.25) is 0 Å². The second kappa shape index (κ2) is 10.7. The number of hydrogen-bond acceptors (Lipinski definition) is 2. The van der Waals surface area contributed by atoms with Gasteiger partial charge in [0.25, 0.3) is 0 Å². The van der Waals surface area contributed by atoms with Crippen molar-refractivity contribution in [1.29, 1.82) is 10.5 Å². The Balaban J connectivity index is 1.29. The zero-order valence-electron chi connectivity index (χ0n) is 28.4. The van der Waals surface area contributed by atoms with Crippen LogP contribution in [0, 0.1) is 22.7 Å². The zero-order valence-corrected chi connectivity index (χ0v) is 28.4. The third kappa shape index (κ3) is 3.99. The van der Waals surface area contributed by atoms with Gasteiger partial charge in [0.05, 0.1) is 45.1 Å². The van der Waals surface area contributed by atoms with Crippen LogP contribution in [0.25, 0.3) is 72.4 Å². The van der Waals surface area contributed by atoms with E-state index >= 15 is 0 Å². The highest BCUT2D eigenvalue weighted by Gasteiger charge is 2.39. The molecule has 0 atom stereocenters. The Morgan fingerprint density at radius 3 is 2.14 bits per heavy atom. The Bertz CT molecular complexity index is 2860. The fourth-order valence-electron chi connectivity index (χ4n) is 9.02. The van der Waals surface area contributed by atoms with E-state index in [1.165, 1.54) is 49.5 Å². The summed E-state index contributed by atoms with van der Waals surface area (Å²) in [6.07, 6.45) is 6.44. The van der Waals surface area contributed by atoms with Gasteiger partial charge >= 0.3 is 0 Å². The summed E-state index contributed by atoms with van der Waals surface area (Å²) in [6, 6.07) is 47.4. The molecule has 10 rings (SSSR count). The number of benzene rings is 6. The summed E-state index contributed by atoms with van der Waals surface area (Å²) in [5, 5.41) is 24.4. The summed E-state index contributed by atoms with van der Waals surface area (Å²) < 4.78 is 4.67. The van der Waals surface area contributed by atoms with Gasteiger partial charge in [-0.15, -0.1) is 0 Å². The number of rotatable bonds is 3. The lowest BCUT2D eigenvalue weighted by atomic mass is 9.81. The SMILES string of the molecule is CC1(C)c2ccccc2-c2ccc3c4c(n(-c5cc(-c6cc(C#N)ccc6-n6c7ccccc7c7ccccc76)ccc5C#N)c3c21)C=CCC4. The van der Waals surface area contributed by atoms with Crippen LogP contribution in [0.3, 0.4) is 0 Å². The molecule has 2 aliphatic carbocycles. The third-order valence-corrected chi connectivity index (χ3v) is 11.2. The lowest BCUT2D eigenvalue weighted by Crippen LogP contribution is -2.17. The van der Waals surface area contributed by atoms with Gasteiger partial charge in [-0.2, -0.15) is 10.5 Å².